The largest absolute Gasteiger partial charge is 0.292 e. The lowest BCUT2D eigenvalue weighted by molar-refractivity contribution is 1.05. The predicted molar refractivity (Wildman–Crippen MR) is 94.2 cm³/mol. The second-order valence-corrected chi connectivity index (χ2v) is 5.11. The average Bonchev–Trinajstić information content (AvgIpc) is 2.94. The molecule has 0 aliphatic rings. The van der Waals surface area contributed by atoms with Crippen LogP contribution in [0.3, 0.4) is 0 Å². The first-order valence-corrected chi connectivity index (χ1v) is 7.25. The van der Waals surface area contributed by atoms with E-state index in [4.69, 9.17) is 4.98 Å². The molecule has 0 radical (unpaired) electrons. The van der Waals surface area contributed by atoms with Crippen molar-refractivity contribution in [2.75, 3.05) is 0 Å². The standard InChI is InChI=1S/C20H18N2/c1-4-10-16(5-2)20-21-18-14-9-11-15(3)19(18)22(20)17-12-7-6-8-13-17/h4-14H,1-2H2,3H3/b16-10+. The number of allylic oxidation sites excluding steroid dienone is 4. The van der Waals surface area contributed by atoms with E-state index in [0.717, 1.165) is 28.1 Å². The van der Waals surface area contributed by atoms with Crippen LogP contribution in [0.15, 0.2) is 79.9 Å². The molecular weight excluding hydrogens is 268 g/mol. The maximum absolute atomic E-state index is 4.82. The summed E-state index contributed by atoms with van der Waals surface area (Å²) in [4.78, 5) is 4.82. The smallest absolute Gasteiger partial charge is 0.145 e. The molecule has 0 atom stereocenters. The van der Waals surface area contributed by atoms with Gasteiger partial charge in [-0.05, 0) is 30.7 Å². The fourth-order valence-electron chi connectivity index (χ4n) is 2.68. The number of aryl methyl sites for hydroxylation is 1. The van der Waals surface area contributed by atoms with Gasteiger partial charge in [-0.2, -0.15) is 0 Å². The Morgan fingerprint density at radius 3 is 2.50 bits per heavy atom. The van der Waals surface area contributed by atoms with Crippen molar-refractivity contribution in [3.63, 3.8) is 0 Å². The molecule has 2 heteroatoms. The summed E-state index contributed by atoms with van der Waals surface area (Å²) in [6.45, 7) is 9.81. The number of nitrogens with zero attached hydrogens (tertiary/aromatic N) is 2. The molecule has 0 fully saturated rings. The molecule has 0 spiro atoms. The lowest BCUT2D eigenvalue weighted by Crippen LogP contribution is -2.00. The van der Waals surface area contributed by atoms with Crippen LogP contribution in [0.1, 0.15) is 11.4 Å². The van der Waals surface area contributed by atoms with E-state index in [0.29, 0.717) is 0 Å². The van der Waals surface area contributed by atoms with Crippen molar-refractivity contribution in [2.24, 2.45) is 0 Å². The second-order valence-electron chi connectivity index (χ2n) is 5.11. The van der Waals surface area contributed by atoms with Gasteiger partial charge in [-0.1, -0.05) is 61.7 Å². The lowest BCUT2D eigenvalue weighted by atomic mass is 10.2. The number of rotatable bonds is 4. The third-order valence-corrected chi connectivity index (χ3v) is 3.67. The first-order valence-electron chi connectivity index (χ1n) is 7.25. The minimum absolute atomic E-state index is 0.880. The zero-order chi connectivity index (χ0) is 15.5. The summed E-state index contributed by atoms with van der Waals surface area (Å²) in [6.07, 6.45) is 5.51. The minimum Gasteiger partial charge on any atom is -0.292 e. The van der Waals surface area contributed by atoms with E-state index in [-0.39, 0.29) is 0 Å². The first-order chi connectivity index (χ1) is 10.8. The van der Waals surface area contributed by atoms with Crippen LogP contribution in [0.25, 0.3) is 22.3 Å². The summed E-state index contributed by atoms with van der Waals surface area (Å²) in [7, 11) is 0. The number of para-hydroxylation sites is 2. The molecule has 3 aromatic rings. The Bertz CT molecular complexity index is 867. The number of imidazole rings is 1. The van der Waals surface area contributed by atoms with Crippen LogP contribution in [0.4, 0.5) is 0 Å². The molecule has 0 amide bonds. The number of benzene rings is 2. The van der Waals surface area contributed by atoms with E-state index in [1.165, 1.54) is 5.56 Å². The SMILES string of the molecule is C=C/C=C(\C=C)c1nc2cccc(C)c2n1-c1ccccc1. The summed E-state index contributed by atoms with van der Waals surface area (Å²) >= 11 is 0. The summed E-state index contributed by atoms with van der Waals surface area (Å²) in [5, 5.41) is 0. The maximum Gasteiger partial charge on any atom is 0.145 e. The predicted octanol–water partition coefficient (Wildman–Crippen LogP) is 5.09. The van der Waals surface area contributed by atoms with Gasteiger partial charge >= 0.3 is 0 Å². The normalized spacial score (nSPS) is 11.6. The van der Waals surface area contributed by atoms with Crippen molar-refractivity contribution in [3.8, 4) is 5.69 Å². The molecule has 0 aliphatic heterocycles. The Hall–Kier alpha value is -2.87. The second kappa shape index (κ2) is 5.86. The highest BCUT2D eigenvalue weighted by atomic mass is 15.1. The van der Waals surface area contributed by atoms with Crippen LogP contribution in [0.5, 0.6) is 0 Å². The van der Waals surface area contributed by atoms with Gasteiger partial charge in [0.05, 0.1) is 11.0 Å². The molecule has 2 nitrogen and oxygen atoms in total. The molecule has 1 heterocycles. The van der Waals surface area contributed by atoms with Gasteiger partial charge in [0.15, 0.2) is 0 Å². The van der Waals surface area contributed by atoms with Crippen LogP contribution >= 0.6 is 0 Å². The van der Waals surface area contributed by atoms with Crippen molar-refractivity contribution in [3.05, 3.63) is 91.3 Å². The molecule has 0 unspecified atom stereocenters. The van der Waals surface area contributed by atoms with Crippen LogP contribution in [0, 0.1) is 6.92 Å². The molecule has 3 rings (SSSR count). The van der Waals surface area contributed by atoms with Crippen LogP contribution in [0.2, 0.25) is 0 Å². The van der Waals surface area contributed by atoms with Gasteiger partial charge in [-0.15, -0.1) is 0 Å². The molecular formula is C20H18N2. The van der Waals surface area contributed by atoms with Crippen molar-refractivity contribution < 1.29 is 0 Å². The Balaban J connectivity index is 2.42. The molecule has 2 aromatic carbocycles. The van der Waals surface area contributed by atoms with E-state index >= 15 is 0 Å². The summed E-state index contributed by atoms with van der Waals surface area (Å²) in [5.74, 6) is 0.880. The Morgan fingerprint density at radius 1 is 1.05 bits per heavy atom. The average molecular weight is 286 g/mol. The van der Waals surface area contributed by atoms with E-state index in [1.807, 2.05) is 42.5 Å². The number of aromatic nitrogens is 2. The van der Waals surface area contributed by atoms with E-state index < -0.39 is 0 Å². The molecule has 0 N–H and O–H groups in total. The zero-order valence-corrected chi connectivity index (χ0v) is 12.7. The third-order valence-electron chi connectivity index (χ3n) is 3.67. The fraction of sp³-hybridized carbons (Fsp3) is 0.0500. The molecule has 108 valence electrons. The maximum atomic E-state index is 4.82. The van der Waals surface area contributed by atoms with Crippen molar-refractivity contribution in [2.45, 2.75) is 6.92 Å². The number of hydrogen-bond acceptors (Lipinski definition) is 1. The Labute approximate surface area is 130 Å². The number of fused-ring (bicyclic) bond motifs is 1. The van der Waals surface area contributed by atoms with E-state index in [1.54, 1.807) is 6.08 Å². The first kappa shape index (κ1) is 14.1. The summed E-state index contributed by atoms with van der Waals surface area (Å²) in [6, 6.07) is 16.5. The van der Waals surface area contributed by atoms with Gasteiger partial charge in [-0.25, -0.2) is 4.98 Å². The van der Waals surface area contributed by atoms with E-state index in [9.17, 15) is 0 Å². The van der Waals surface area contributed by atoms with Crippen molar-refractivity contribution in [1.82, 2.24) is 9.55 Å². The molecule has 0 saturated carbocycles. The van der Waals surface area contributed by atoms with Gasteiger partial charge in [0.2, 0.25) is 0 Å². The Kier molecular flexibility index (Phi) is 3.75. The summed E-state index contributed by atoms with van der Waals surface area (Å²) < 4.78 is 2.18. The van der Waals surface area contributed by atoms with Crippen LogP contribution in [-0.4, -0.2) is 9.55 Å². The van der Waals surface area contributed by atoms with E-state index in [2.05, 4.69) is 42.8 Å². The van der Waals surface area contributed by atoms with Gasteiger partial charge < -0.3 is 0 Å². The lowest BCUT2D eigenvalue weighted by Gasteiger charge is -2.11. The van der Waals surface area contributed by atoms with Gasteiger partial charge in [0, 0.05) is 11.3 Å². The van der Waals surface area contributed by atoms with Gasteiger partial charge in [0.25, 0.3) is 0 Å². The van der Waals surface area contributed by atoms with Gasteiger partial charge in [-0.3, -0.25) is 4.57 Å². The quantitative estimate of drug-likeness (QED) is 0.611. The molecule has 0 bridgehead atoms. The van der Waals surface area contributed by atoms with Crippen molar-refractivity contribution >= 4 is 16.6 Å². The monoisotopic (exact) mass is 286 g/mol. The molecule has 0 saturated heterocycles. The highest BCUT2D eigenvalue weighted by Gasteiger charge is 2.15. The van der Waals surface area contributed by atoms with Crippen molar-refractivity contribution in [1.29, 1.82) is 0 Å². The molecule has 1 aromatic heterocycles. The highest BCUT2D eigenvalue weighted by Crippen LogP contribution is 2.28. The zero-order valence-electron chi connectivity index (χ0n) is 12.7. The topological polar surface area (TPSA) is 17.8 Å². The van der Waals surface area contributed by atoms with Crippen LogP contribution < -0.4 is 0 Å². The fourth-order valence-corrected chi connectivity index (χ4v) is 2.68. The Morgan fingerprint density at radius 2 is 1.82 bits per heavy atom. The number of hydrogen-bond donors (Lipinski definition) is 0. The van der Waals surface area contributed by atoms with Gasteiger partial charge in [0.1, 0.15) is 5.82 Å². The minimum atomic E-state index is 0.880. The van der Waals surface area contributed by atoms with Crippen LogP contribution in [-0.2, 0) is 0 Å². The molecule has 22 heavy (non-hydrogen) atoms. The third kappa shape index (κ3) is 2.29. The molecule has 0 aliphatic carbocycles. The summed E-state index contributed by atoms with van der Waals surface area (Å²) in [5.41, 5.74) is 5.35. The highest BCUT2D eigenvalue weighted by molar-refractivity contribution is 5.86.